The highest BCUT2D eigenvalue weighted by Crippen LogP contribution is 2.43. The van der Waals surface area contributed by atoms with Gasteiger partial charge in [-0.3, -0.25) is 23.4 Å². The normalized spacial score (nSPS) is 13.3. The topological polar surface area (TPSA) is 155 Å². The lowest BCUT2D eigenvalue weighted by Gasteiger charge is -2.21. The number of esters is 3. The maximum absolute atomic E-state index is 13.0. The third-order valence-corrected chi connectivity index (χ3v) is 16.3. The molecule has 3 atom stereocenters. The number of aliphatic hydroxyl groups is 1. The number of ether oxygens (including phenoxy) is 3. The van der Waals surface area contributed by atoms with Gasteiger partial charge in [0, 0.05) is 19.3 Å². The molecule has 0 rings (SSSR count). The van der Waals surface area contributed by atoms with Crippen LogP contribution in [0.3, 0.4) is 0 Å². The Morgan fingerprint density at radius 2 is 0.575 bits per heavy atom. The molecule has 0 aromatic rings. The minimum atomic E-state index is -4.75. The fraction of sp³-hybridized carbons (Fsp3) is 0.897. The van der Waals surface area contributed by atoms with E-state index in [4.69, 9.17) is 23.3 Å². The van der Waals surface area contributed by atoms with E-state index in [1.54, 1.807) is 0 Å². The second kappa shape index (κ2) is 63.0. The second-order valence-electron chi connectivity index (χ2n) is 23.3. The van der Waals surface area contributed by atoms with Crippen LogP contribution in [-0.2, 0) is 42.2 Å². The van der Waals surface area contributed by atoms with Gasteiger partial charge in [0.25, 0.3) is 0 Å². The van der Waals surface area contributed by atoms with Crippen LogP contribution in [0.1, 0.15) is 355 Å². The molecule has 0 bridgehead atoms. The molecule has 0 fully saturated rings. The maximum atomic E-state index is 13.0. The minimum Gasteiger partial charge on any atom is -0.462 e. The van der Waals surface area contributed by atoms with Crippen molar-refractivity contribution in [3.63, 3.8) is 0 Å². The molecule has 0 aromatic heterocycles. The van der Waals surface area contributed by atoms with Crippen molar-refractivity contribution in [3.05, 3.63) is 24.3 Å². The Hall–Kier alpha value is -2.04. The van der Waals surface area contributed by atoms with Gasteiger partial charge in [0.05, 0.1) is 19.8 Å². The number of carbonyl (C=O) groups is 3. The van der Waals surface area contributed by atoms with Crippen LogP contribution in [0.15, 0.2) is 24.3 Å². The quantitative estimate of drug-likeness (QED) is 0.0197. The van der Waals surface area contributed by atoms with Gasteiger partial charge in [0.2, 0.25) is 0 Å². The van der Waals surface area contributed by atoms with Crippen molar-refractivity contribution in [1.82, 2.24) is 0 Å². The summed E-state index contributed by atoms with van der Waals surface area (Å²) >= 11 is 0. The highest BCUT2D eigenvalue weighted by atomic mass is 31.2. The molecule has 0 saturated carbocycles. The largest absolute Gasteiger partial charge is 0.472 e. The van der Waals surface area contributed by atoms with E-state index in [2.05, 4.69) is 45.1 Å². The Labute approximate surface area is 493 Å². The molecule has 0 amide bonds. The van der Waals surface area contributed by atoms with Gasteiger partial charge in [0.1, 0.15) is 12.7 Å². The zero-order chi connectivity index (χ0) is 58.3. The predicted octanol–water partition coefficient (Wildman–Crippen LogP) is 20.9. The molecule has 2 N–H and O–H groups in total. The van der Waals surface area contributed by atoms with Crippen molar-refractivity contribution in [2.75, 3.05) is 26.4 Å². The zero-order valence-corrected chi connectivity index (χ0v) is 53.5. The van der Waals surface area contributed by atoms with Crippen molar-refractivity contribution in [1.29, 1.82) is 0 Å². The average Bonchev–Trinajstić information content (AvgIpc) is 3.45. The number of aliphatic hydroxyl groups excluding tert-OH is 1. The predicted molar refractivity (Wildman–Crippen MR) is 335 cm³/mol. The number of carbonyl (C=O) groups excluding carboxylic acids is 3. The molecule has 0 radical (unpaired) electrons. The molecular formula is C68H129O11P. The fourth-order valence-corrected chi connectivity index (χ4v) is 10.9. The van der Waals surface area contributed by atoms with Crippen LogP contribution in [0, 0.1) is 0 Å². The van der Waals surface area contributed by atoms with E-state index < -0.39 is 57.8 Å². The van der Waals surface area contributed by atoms with Gasteiger partial charge in [-0.25, -0.2) is 4.57 Å². The fourth-order valence-electron chi connectivity index (χ4n) is 10.1. The van der Waals surface area contributed by atoms with Crippen LogP contribution >= 0.6 is 7.82 Å². The van der Waals surface area contributed by atoms with E-state index in [1.165, 1.54) is 225 Å². The number of allylic oxidation sites excluding steroid dienone is 4. The maximum Gasteiger partial charge on any atom is 0.472 e. The van der Waals surface area contributed by atoms with Crippen LogP contribution in [0.4, 0.5) is 0 Å². The summed E-state index contributed by atoms with van der Waals surface area (Å²) in [6.45, 7) is 4.72. The lowest BCUT2D eigenvalue weighted by atomic mass is 10.0. The summed E-state index contributed by atoms with van der Waals surface area (Å²) in [4.78, 5) is 48.8. The monoisotopic (exact) mass is 1150 g/mol. The van der Waals surface area contributed by atoms with Gasteiger partial charge >= 0.3 is 25.7 Å². The highest BCUT2D eigenvalue weighted by molar-refractivity contribution is 7.47. The Balaban J connectivity index is 4.64. The van der Waals surface area contributed by atoms with Crippen molar-refractivity contribution in [2.24, 2.45) is 0 Å². The Morgan fingerprint density at radius 1 is 0.338 bits per heavy atom. The number of hydrogen-bond donors (Lipinski definition) is 2. The van der Waals surface area contributed by atoms with Crippen LogP contribution in [0.25, 0.3) is 0 Å². The summed E-state index contributed by atoms with van der Waals surface area (Å²) in [5.41, 5.74) is 0. The number of phosphoric ester groups is 1. The molecular weight excluding hydrogens is 1020 g/mol. The molecule has 0 saturated heterocycles. The van der Waals surface area contributed by atoms with Gasteiger partial charge < -0.3 is 24.2 Å². The van der Waals surface area contributed by atoms with Gasteiger partial charge in [-0.2, -0.15) is 0 Å². The van der Waals surface area contributed by atoms with Crippen molar-refractivity contribution in [3.8, 4) is 0 Å². The number of hydrogen-bond acceptors (Lipinski definition) is 10. The van der Waals surface area contributed by atoms with Crippen LogP contribution in [-0.4, -0.2) is 66.5 Å². The summed E-state index contributed by atoms with van der Waals surface area (Å²) in [5, 5.41) is 9.87. The van der Waals surface area contributed by atoms with E-state index in [0.29, 0.717) is 19.3 Å². The van der Waals surface area contributed by atoms with E-state index in [9.17, 15) is 28.9 Å². The summed E-state index contributed by atoms with van der Waals surface area (Å²) in [5.74, 6) is -1.44. The highest BCUT2D eigenvalue weighted by Gasteiger charge is 2.28. The summed E-state index contributed by atoms with van der Waals surface area (Å²) in [6, 6.07) is 0. The van der Waals surface area contributed by atoms with Gasteiger partial charge in [0.15, 0.2) is 6.10 Å². The number of unbranched alkanes of at least 4 members (excludes halogenated alkanes) is 44. The Kier molecular flexibility index (Phi) is 61.4. The van der Waals surface area contributed by atoms with E-state index in [1.807, 2.05) is 0 Å². The van der Waals surface area contributed by atoms with Gasteiger partial charge in [-0.05, 0) is 70.6 Å². The Morgan fingerprint density at radius 3 is 0.863 bits per heavy atom. The van der Waals surface area contributed by atoms with Crippen LogP contribution < -0.4 is 0 Å². The first-order valence-corrected chi connectivity index (χ1v) is 35.7. The second-order valence-corrected chi connectivity index (χ2v) is 24.8. The molecule has 0 heterocycles. The number of rotatable bonds is 65. The smallest absolute Gasteiger partial charge is 0.462 e. The zero-order valence-electron chi connectivity index (χ0n) is 52.6. The van der Waals surface area contributed by atoms with Crippen LogP contribution in [0.5, 0.6) is 0 Å². The lowest BCUT2D eigenvalue weighted by molar-refractivity contribution is -0.161. The molecule has 0 aliphatic heterocycles. The molecule has 0 aliphatic carbocycles. The first-order valence-electron chi connectivity index (χ1n) is 34.2. The standard InChI is InChI=1S/C68H129O11P/c1-4-7-10-13-16-19-22-25-28-31-32-35-36-39-42-45-48-51-54-57-66(70)75-61-65(79-68(72)59-56-53-50-47-44-41-38-34-30-27-24-21-18-15-12-9-6-3)63-77-80(73,74)76-62-64(60-69)78-67(71)58-55-52-49-46-43-40-37-33-29-26-23-20-17-14-11-8-5-2/h26-27,29-30,64-65,69H,4-25,28,31-63H2,1-3H3,(H,73,74)/b29-26-,30-27-. The molecule has 0 spiro atoms. The molecule has 0 aliphatic rings. The van der Waals surface area contributed by atoms with E-state index in [-0.39, 0.29) is 25.9 Å². The molecule has 472 valence electrons. The van der Waals surface area contributed by atoms with Crippen molar-refractivity contribution >= 4 is 25.7 Å². The number of phosphoric acid groups is 1. The third kappa shape index (κ3) is 60.5. The molecule has 0 aromatic carbocycles. The molecule has 3 unspecified atom stereocenters. The SMILES string of the molecule is CCCCCCCC/C=C\CCCCCCCCCC(=O)OC(CO)COP(=O)(O)OCC(COC(=O)CCCCCCCCCCCCCCCCCCCCC)OC(=O)CCCCCCCCC/C=C\CCCCCCCC. The molecule has 11 nitrogen and oxygen atoms in total. The van der Waals surface area contributed by atoms with Gasteiger partial charge in [-0.1, -0.05) is 289 Å². The summed E-state index contributed by atoms with van der Waals surface area (Å²) < 4.78 is 39.8. The van der Waals surface area contributed by atoms with Crippen molar-refractivity contribution < 1.29 is 52.2 Å². The first kappa shape index (κ1) is 78.0. The minimum absolute atomic E-state index is 0.168. The third-order valence-electron chi connectivity index (χ3n) is 15.3. The lowest BCUT2D eigenvalue weighted by Crippen LogP contribution is -2.30. The van der Waals surface area contributed by atoms with E-state index in [0.717, 1.165) is 70.6 Å². The van der Waals surface area contributed by atoms with Gasteiger partial charge in [-0.15, -0.1) is 0 Å². The first-order chi connectivity index (χ1) is 39.2. The van der Waals surface area contributed by atoms with Crippen LogP contribution in [0.2, 0.25) is 0 Å². The summed E-state index contributed by atoms with van der Waals surface area (Å²) in [7, 11) is -4.75. The van der Waals surface area contributed by atoms with Crippen molar-refractivity contribution in [2.45, 2.75) is 367 Å². The summed E-state index contributed by atoms with van der Waals surface area (Å²) in [6.07, 6.45) is 67.0. The molecule has 80 heavy (non-hydrogen) atoms. The Bertz CT molecular complexity index is 1440. The average molecular weight is 1150 g/mol. The van der Waals surface area contributed by atoms with E-state index >= 15 is 0 Å². The molecule has 12 heteroatoms.